The Bertz CT molecular complexity index is 697. The lowest BCUT2D eigenvalue weighted by atomic mass is 9.90. The van der Waals surface area contributed by atoms with E-state index in [1.165, 1.54) is 12.1 Å². The number of carbonyl (C=O) groups excluding carboxylic acids is 1. The average molecular weight is 284 g/mol. The molecule has 21 heavy (non-hydrogen) atoms. The predicted octanol–water partition coefficient (Wildman–Crippen LogP) is 1.89. The third kappa shape index (κ3) is 2.16. The number of hydrogen-bond acceptors (Lipinski definition) is 4. The predicted molar refractivity (Wildman–Crippen MR) is 79.3 cm³/mol. The van der Waals surface area contributed by atoms with Gasteiger partial charge in [-0.3, -0.25) is 4.79 Å². The molecule has 1 atom stereocenters. The second-order valence-electron chi connectivity index (χ2n) is 5.23. The average Bonchev–Trinajstić information content (AvgIpc) is 2.81. The van der Waals surface area contributed by atoms with Crippen LogP contribution in [-0.2, 0) is 10.3 Å². The summed E-state index contributed by atoms with van der Waals surface area (Å²) in [6.45, 7) is 2.08. The molecule has 1 amide bonds. The highest BCUT2D eigenvalue weighted by Crippen LogP contribution is 2.41. The van der Waals surface area contributed by atoms with Crippen LogP contribution in [0.3, 0.4) is 0 Å². The van der Waals surface area contributed by atoms with Gasteiger partial charge in [-0.1, -0.05) is 17.7 Å². The van der Waals surface area contributed by atoms with Crippen molar-refractivity contribution < 1.29 is 14.6 Å². The third-order valence-corrected chi connectivity index (χ3v) is 3.70. The maximum Gasteiger partial charge on any atom is 0.251 e. The van der Waals surface area contributed by atoms with Gasteiger partial charge in [-0.2, -0.15) is 0 Å². The number of amides is 1. The molecule has 3 rings (SSSR count). The molecule has 0 bridgehead atoms. The maximum atomic E-state index is 12.1. The molecule has 1 heterocycles. The lowest BCUT2D eigenvalue weighted by molar-refractivity contribution is -0.122. The van der Waals surface area contributed by atoms with E-state index in [0.29, 0.717) is 11.3 Å². The molecule has 0 aliphatic carbocycles. The minimum Gasteiger partial charge on any atom is -0.508 e. The molecular weight excluding hydrogens is 268 g/mol. The molecule has 0 aromatic heterocycles. The maximum absolute atomic E-state index is 12.1. The molecule has 4 N–H and O–H groups in total. The van der Waals surface area contributed by atoms with Gasteiger partial charge in [-0.05, 0) is 31.2 Å². The molecule has 1 aliphatic rings. The molecule has 0 spiro atoms. The second kappa shape index (κ2) is 4.70. The van der Waals surface area contributed by atoms with Gasteiger partial charge in [0.25, 0.3) is 5.91 Å². The molecule has 0 fully saturated rings. The van der Waals surface area contributed by atoms with Crippen molar-refractivity contribution in [1.29, 1.82) is 0 Å². The first-order chi connectivity index (χ1) is 10.0. The molecule has 0 radical (unpaired) electrons. The van der Waals surface area contributed by atoms with Crippen LogP contribution >= 0.6 is 0 Å². The van der Waals surface area contributed by atoms with Crippen molar-refractivity contribution in [3.63, 3.8) is 0 Å². The summed E-state index contributed by atoms with van der Waals surface area (Å²) in [5.41, 5.74) is 7.03. The van der Waals surface area contributed by atoms with Gasteiger partial charge in [0, 0.05) is 17.3 Å². The van der Waals surface area contributed by atoms with Crippen LogP contribution < -0.4 is 15.8 Å². The standard InChI is InChI=1S/C16H16N2O3/c1-10-2-4-11(5-3-10)18-16(15(17)20)9-21-14-8-12(19)6-7-13(14)16/h2-8,18-19H,9H2,1H3,(H2,17,20). The highest BCUT2D eigenvalue weighted by molar-refractivity contribution is 5.91. The fourth-order valence-electron chi connectivity index (χ4n) is 2.50. The molecule has 5 nitrogen and oxygen atoms in total. The summed E-state index contributed by atoms with van der Waals surface area (Å²) in [6.07, 6.45) is 0. The van der Waals surface area contributed by atoms with E-state index in [-0.39, 0.29) is 12.4 Å². The van der Waals surface area contributed by atoms with Crippen LogP contribution in [0.25, 0.3) is 0 Å². The van der Waals surface area contributed by atoms with Crippen LogP contribution in [0.5, 0.6) is 11.5 Å². The van der Waals surface area contributed by atoms with Gasteiger partial charge >= 0.3 is 0 Å². The third-order valence-electron chi connectivity index (χ3n) is 3.70. The molecular formula is C16H16N2O3. The SMILES string of the molecule is Cc1ccc(NC2(C(N)=O)COc3cc(O)ccc32)cc1. The number of aryl methyl sites for hydroxylation is 1. The van der Waals surface area contributed by atoms with E-state index in [0.717, 1.165) is 11.3 Å². The number of primary amides is 1. The largest absolute Gasteiger partial charge is 0.508 e. The second-order valence-corrected chi connectivity index (χ2v) is 5.23. The van der Waals surface area contributed by atoms with E-state index in [9.17, 15) is 9.90 Å². The van der Waals surface area contributed by atoms with E-state index in [4.69, 9.17) is 10.5 Å². The summed E-state index contributed by atoms with van der Waals surface area (Å²) in [6, 6.07) is 12.3. The van der Waals surface area contributed by atoms with Crippen molar-refractivity contribution in [2.75, 3.05) is 11.9 Å². The van der Waals surface area contributed by atoms with Crippen molar-refractivity contribution in [3.8, 4) is 11.5 Å². The molecule has 0 saturated carbocycles. The zero-order valence-electron chi connectivity index (χ0n) is 11.6. The van der Waals surface area contributed by atoms with Crippen LogP contribution in [0.4, 0.5) is 5.69 Å². The molecule has 2 aromatic rings. The van der Waals surface area contributed by atoms with Crippen LogP contribution in [0.1, 0.15) is 11.1 Å². The first-order valence-electron chi connectivity index (χ1n) is 6.62. The smallest absolute Gasteiger partial charge is 0.251 e. The van der Waals surface area contributed by atoms with E-state index in [1.807, 2.05) is 31.2 Å². The first kappa shape index (κ1) is 13.3. The van der Waals surface area contributed by atoms with Crippen LogP contribution in [0.2, 0.25) is 0 Å². The topological polar surface area (TPSA) is 84.6 Å². The van der Waals surface area contributed by atoms with Crippen molar-refractivity contribution >= 4 is 11.6 Å². The van der Waals surface area contributed by atoms with Crippen LogP contribution in [0.15, 0.2) is 42.5 Å². The zero-order chi connectivity index (χ0) is 15.0. The molecule has 0 saturated heterocycles. The Morgan fingerprint density at radius 2 is 2.00 bits per heavy atom. The number of rotatable bonds is 3. The van der Waals surface area contributed by atoms with Crippen molar-refractivity contribution in [2.24, 2.45) is 5.73 Å². The van der Waals surface area contributed by atoms with Gasteiger partial charge in [0.2, 0.25) is 0 Å². The number of fused-ring (bicyclic) bond motifs is 1. The number of nitrogens with two attached hydrogens (primary N) is 1. The fraction of sp³-hybridized carbons (Fsp3) is 0.188. The molecule has 5 heteroatoms. The Labute approximate surface area is 122 Å². The zero-order valence-corrected chi connectivity index (χ0v) is 11.6. The van der Waals surface area contributed by atoms with E-state index < -0.39 is 11.4 Å². The number of nitrogens with one attached hydrogen (secondary N) is 1. The Morgan fingerprint density at radius 3 is 2.67 bits per heavy atom. The molecule has 1 unspecified atom stereocenters. The van der Waals surface area contributed by atoms with E-state index in [2.05, 4.69) is 5.32 Å². The first-order valence-corrected chi connectivity index (χ1v) is 6.62. The fourth-order valence-corrected chi connectivity index (χ4v) is 2.50. The monoisotopic (exact) mass is 284 g/mol. The van der Waals surface area contributed by atoms with Gasteiger partial charge < -0.3 is 20.9 Å². The quantitative estimate of drug-likeness (QED) is 0.803. The van der Waals surface area contributed by atoms with Crippen LogP contribution in [0, 0.1) is 6.92 Å². The summed E-state index contributed by atoms with van der Waals surface area (Å²) in [7, 11) is 0. The summed E-state index contributed by atoms with van der Waals surface area (Å²) in [4.78, 5) is 12.1. The summed E-state index contributed by atoms with van der Waals surface area (Å²) in [5, 5.41) is 12.7. The Kier molecular flexibility index (Phi) is 2.97. The molecule has 108 valence electrons. The van der Waals surface area contributed by atoms with Crippen LogP contribution in [-0.4, -0.2) is 17.6 Å². The van der Waals surface area contributed by atoms with Gasteiger partial charge in [0.1, 0.15) is 18.1 Å². The number of ether oxygens (including phenoxy) is 1. The van der Waals surface area contributed by atoms with Gasteiger partial charge in [-0.15, -0.1) is 0 Å². The van der Waals surface area contributed by atoms with Crippen molar-refractivity contribution in [3.05, 3.63) is 53.6 Å². The summed E-state index contributed by atoms with van der Waals surface area (Å²) < 4.78 is 5.53. The van der Waals surface area contributed by atoms with Crippen molar-refractivity contribution in [1.82, 2.24) is 0 Å². The number of benzene rings is 2. The Morgan fingerprint density at radius 1 is 1.29 bits per heavy atom. The van der Waals surface area contributed by atoms with Gasteiger partial charge in [-0.25, -0.2) is 0 Å². The Balaban J connectivity index is 2.03. The minimum absolute atomic E-state index is 0.0874. The van der Waals surface area contributed by atoms with E-state index in [1.54, 1.807) is 6.07 Å². The number of hydrogen-bond donors (Lipinski definition) is 3. The lowest BCUT2D eigenvalue weighted by Gasteiger charge is -2.27. The van der Waals surface area contributed by atoms with E-state index >= 15 is 0 Å². The van der Waals surface area contributed by atoms with Crippen molar-refractivity contribution in [2.45, 2.75) is 12.5 Å². The molecule has 1 aliphatic heterocycles. The number of aromatic hydroxyl groups is 1. The van der Waals surface area contributed by atoms with Gasteiger partial charge in [0.15, 0.2) is 5.54 Å². The Hall–Kier alpha value is -2.69. The highest BCUT2D eigenvalue weighted by atomic mass is 16.5. The lowest BCUT2D eigenvalue weighted by Crippen LogP contribution is -2.49. The number of carbonyl (C=O) groups is 1. The summed E-state index contributed by atoms with van der Waals surface area (Å²) >= 11 is 0. The summed E-state index contributed by atoms with van der Waals surface area (Å²) in [5.74, 6) is 0.0327. The number of phenolic OH excluding ortho intramolecular Hbond substituents is 1. The normalized spacial score (nSPS) is 19.7. The molecule has 2 aromatic carbocycles. The highest BCUT2D eigenvalue weighted by Gasteiger charge is 2.46. The minimum atomic E-state index is -1.13. The number of phenols is 1. The number of anilines is 1. The van der Waals surface area contributed by atoms with Gasteiger partial charge in [0.05, 0.1) is 0 Å².